The van der Waals surface area contributed by atoms with Crippen LogP contribution in [0.1, 0.15) is 39.0 Å². The largest absolute Gasteiger partial charge is 0.573 e. The number of hydrogen-bond donors (Lipinski definition) is 1. The van der Waals surface area contributed by atoms with E-state index in [2.05, 4.69) is 9.64 Å². The molecule has 2 aliphatic heterocycles. The lowest BCUT2D eigenvalue weighted by Crippen LogP contribution is -2.47. The Morgan fingerprint density at radius 3 is 2.66 bits per heavy atom. The maximum Gasteiger partial charge on any atom is 0.573 e. The number of carbonyl (C=O) groups is 1. The number of hydrogen-bond acceptors (Lipinski definition) is 5. The highest BCUT2D eigenvalue weighted by atomic mass is 19.4. The summed E-state index contributed by atoms with van der Waals surface area (Å²) in [5.74, 6) is -0.189. The number of benzene rings is 1. The van der Waals surface area contributed by atoms with Gasteiger partial charge in [-0.05, 0) is 56.7 Å². The van der Waals surface area contributed by atoms with Crippen LogP contribution in [0.15, 0.2) is 24.3 Å². The zero-order chi connectivity index (χ0) is 22.9. The first-order valence-corrected chi connectivity index (χ1v) is 11.5. The zero-order valence-corrected chi connectivity index (χ0v) is 18.5. The SMILES string of the molecule is C[C@H](CCN1CCC2(CC2)[C@H](O)C1)N1CCN(c2cccc(OC(F)(F)F)c2)CCC1=O. The molecule has 3 fully saturated rings. The standard InChI is InChI=1S/C23H32F3N3O3/c1-17(5-10-27-12-9-22(7-8-22)20(30)16-27)29-14-13-28(11-6-21(29)31)18-3-2-4-19(15-18)32-23(24,25)26/h2-4,15,17,20,30H,5-14,16H2,1H3/t17-,20-/m1/s1. The van der Waals surface area contributed by atoms with Crippen molar-refractivity contribution < 1.29 is 27.8 Å². The molecule has 1 spiro atoms. The minimum Gasteiger partial charge on any atom is -0.406 e. The third kappa shape index (κ3) is 5.49. The number of amides is 1. The lowest BCUT2D eigenvalue weighted by Gasteiger charge is -2.37. The smallest absolute Gasteiger partial charge is 0.406 e. The summed E-state index contributed by atoms with van der Waals surface area (Å²) in [6.07, 6.45) is -0.484. The van der Waals surface area contributed by atoms with Gasteiger partial charge in [0.25, 0.3) is 0 Å². The Morgan fingerprint density at radius 2 is 1.97 bits per heavy atom. The fourth-order valence-electron chi connectivity index (χ4n) is 4.99. The Labute approximate surface area is 186 Å². The molecular weight excluding hydrogens is 423 g/mol. The van der Waals surface area contributed by atoms with Crippen LogP contribution in [-0.4, -0.2) is 78.6 Å². The van der Waals surface area contributed by atoms with Crippen LogP contribution in [0.2, 0.25) is 0 Å². The molecule has 178 valence electrons. The number of nitrogens with zero attached hydrogens (tertiary/aromatic N) is 3. The average molecular weight is 456 g/mol. The number of piperidine rings is 1. The van der Waals surface area contributed by atoms with Gasteiger partial charge in [-0.25, -0.2) is 0 Å². The third-order valence-corrected chi connectivity index (χ3v) is 7.29. The molecule has 1 aromatic carbocycles. The maximum absolute atomic E-state index is 12.8. The van der Waals surface area contributed by atoms with E-state index in [-0.39, 0.29) is 29.2 Å². The summed E-state index contributed by atoms with van der Waals surface area (Å²) in [7, 11) is 0. The Morgan fingerprint density at radius 1 is 1.19 bits per heavy atom. The lowest BCUT2D eigenvalue weighted by atomic mass is 9.90. The number of β-amino-alcohol motifs (C(OH)–C–C–N with tert-alkyl or cyclic N) is 1. The van der Waals surface area contributed by atoms with E-state index in [1.54, 1.807) is 6.07 Å². The Balaban J connectivity index is 1.30. The van der Waals surface area contributed by atoms with Gasteiger partial charge in [0.1, 0.15) is 5.75 Å². The van der Waals surface area contributed by atoms with Gasteiger partial charge in [-0.15, -0.1) is 13.2 Å². The summed E-state index contributed by atoms with van der Waals surface area (Å²) < 4.78 is 41.6. The number of aliphatic hydroxyl groups excluding tert-OH is 1. The second-order valence-electron chi connectivity index (χ2n) is 9.44. The van der Waals surface area contributed by atoms with Crippen molar-refractivity contribution in [2.45, 2.75) is 57.5 Å². The van der Waals surface area contributed by atoms with Crippen molar-refractivity contribution in [1.29, 1.82) is 0 Å². The van der Waals surface area contributed by atoms with E-state index in [9.17, 15) is 23.1 Å². The Hall–Kier alpha value is -2.00. The highest BCUT2D eigenvalue weighted by Crippen LogP contribution is 2.53. The van der Waals surface area contributed by atoms with E-state index in [1.807, 2.05) is 16.7 Å². The van der Waals surface area contributed by atoms with Gasteiger partial charge in [0, 0.05) is 56.9 Å². The summed E-state index contributed by atoms with van der Waals surface area (Å²) in [4.78, 5) is 18.9. The van der Waals surface area contributed by atoms with Gasteiger partial charge in [-0.1, -0.05) is 6.07 Å². The second-order valence-corrected chi connectivity index (χ2v) is 9.44. The van der Waals surface area contributed by atoms with Crippen molar-refractivity contribution in [2.75, 3.05) is 44.2 Å². The molecule has 2 saturated heterocycles. The number of alkyl halides is 3. The van der Waals surface area contributed by atoms with Gasteiger partial charge in [0.15, 0.2) is 0 Å². The van der Waals surface area contributed by atoms with Gasteiger partial charge in [-0.2, -0.15) is 0 Å². The van der Waals surface area contributed by atoms with E-state index in [0.29, 0.717) is 38.3 Å². The van der Waals surface area contributed by atoms with Gasteiger partial charge in [0.2, 0.25) is 5.91 Å². The quantitative estimate of drug-likeness (QED) is 0.714. The molecule has 1 amide bonds. The molecule has 32 heavy (non-hydrogen) atoms. The third-order valence-electron chi connectivity index (χ3n) is 7.29. The first-order chi connectivity index (χ1) is 15.2. The zero-order valence-electron chi connectivity index (χ0n) is 18.5. The molecule has 4 rings (SSSR count). The molecule has 6 nitrogen and oxygen atoms in total. The van der Waals surface area contributed by atoms with Crippen LogP contribution in [0.4, 0.5) is 18.9 Å². The Kier molecular flexibility index (Phi) is 6.58. The molecule has 9 heteroatoms. The van der Waals surface area contributed by atoms with Crippen LogP contribution in [0.3, 0.4) is 0 Å². The van der Waals surface area contributed by atoms with E-state index < -0.39 is 6.36 Å². The molecule has 0 unspecified atom stereocenters. The van der Waals surface area contributed by atoms with Crippen LogP contribution in [-0.2, 0) is 4.79 Å². The van der Waals surface area contributed by atoms with Crippen LogP contribution < -0.4 is 9.64 Å². The second kappa shape index (κ2) is 9.09. The maximum atomic E-state index is 12.8. The number of carbonyl (C=O) groups excluding carboxylic acids is 1. The van der Waals surface area contributed by atoms with Gasteiger partial charge in [0.05, 0.1) is 6.10 Å². The number of rotatable bonds is 6. The van der Waals surface area contributed by atoms with E-state index in [4.69, 9.17) is 0 Å². The molecule has 2 atom stereocenters. The van der Waals surface area contributed by atoms with Crippen LogP contribution >= 0.6 is 0 Å². The predicted octanol–water partition coefficient (Wildman–Crippen LogP) is 3.25. The molecule has 1 aliphatic carbocycles. The van der Waals surface area contributed by atoms with E-state index in [1.165, 1.54) is 18.2 Å². The minimum atomic E-state index is -4.73. The van der Waals surface area contributed by atoms with Crippen LogP contribution in [0, 0.1) is 5.41 Å². The van der Waals surface area contributed by atoms with Crippen molar-refractivity contribution in [3.8, 4) is 5.75 Å². The number of anilines is 1. The molecule has 0 aromatic heterocycles. The molecule has 3 aliphatic rings. The predicted molar refractivity (Wildman–Crippen MR) is 114 cm³/mol. The van der Waals surface area contributed by atoms with Gasteiger partial charge in [-0.3, -0.25) is 4.79 Å². The first kappa shape index (κ1) is 23.2. The average Bonchev–Trinajstić information content (AvgIpc) is 3.53. The van der Waals surface area contributed by atoms with Gasteiger partial charge < -0.3 is 24.5 Å². The lowest BCUT2D eigenvalue weighted by molar-refractivity contribution is -0.274. The highest BCUT2D eigenvalue weighted by molar-refractivity contribution is 5.78. The summed E-state index contributed by atoms with van der Waals surface area (Å²) in [5.41, 5.74) is 0.805. The molecule has 2 heterocycles. The number of aliphatic hydroxyl groups is 1. The Bertz CT molecular complexity index is 815. The molecule has 1 saturated carbocycles. The topological polar surface area (TPSA) is 56.3 Å². The van der Waals surface area contributed by atoms with Crippen molar-refractivity contribution in [2.24, 2.45) is 5.41 Å². The van der Waals surface area contributed by atoms with Crippen LogP contribution in [0.5, 0.6) is 5.75 Å². The van der Waals surface area contributed by atoms with Crippen molar-refractivity contribution in [3.63, 3.8) is 0 Å². The van der Waals surface area contributed by atoms with E-state index in [0.717, 1.165) is 38.8 Å². The summed E-state index contributed by atoms with van der Waals surface area (Å²) in [6, 6.07) is 5.97. The molecular formula is C23H32F3N3O3. The number of halogens is 3. The molecule has 0 radical (unpaired) electrons. The highest BCUT2D eigenvalue weighted by Gasteiger charge is 2.51. The fourth-order valence-corrected chi connectivity index (χ4v) is 4.99. The van der Waals surface area contributed by atoms with Crippen molar-refractivity contribution >= 4 is 11.6 Å². The number of likely N-dealkylation sites (tertiary alicyclic amines) is 1. The van der Waals surface area contributed by atoms with Gasteiger partial charge >= 0.3 is 6.36 Å². The number of ether oxygens (including phenoxy) is 1. The van der Waals surface area contributed by atoms with E-state index >= 15 is 0 Å². The van der Waals surface area contributed by atoms with Crippen molar-refractivity contribution in [3.05, 3.63) is 24.3 Å². The van der Waals surface area contributed by atoms with Crippen LogP contribution in [0.25, 0.3) is 0 Å². The summed E-state index contributed by atoms with van der Waals surface area (Å²) in [5, 5.41) is 10.4. The fraction of sp³-hybridized carbons (Fsp3) is 0.696. The summed E-state index contributed by atoms with van der Waals surface area (Å²) in [6.45, 7) is 6.14. The van der Waals surface area contributed by atoms with Crippen molar-refractivity contribution in [1.82, 2.24) is 9.80 Å². The molecule has 0 bridgehead atoms. The molecule has 1 aromatic rings. The molecule has 1 N–H and O–H groups in total. The normalized spacial score (nSPS) is 25.0. The minimum absolute atomic E-state index is 0.0660. The monoisotopic (exact) mass is 455 g/mol. The summed E-state index contributed by atoms with van der Waals surface area (Å²) >= 11 is 0. The first-order valence-electron chi connectivity index (χ1n) is 11.5.